The molecule has 57 nitrogen and oxygen atoms in total. The Morgan fingerprint density at radius 3 is 1.27 bits per heavy atom. The van der Waals surface area contributed by atoms with Gasteiger partial charge >= 0.3 is 6.03 Å². The van der Waals surface area contributed by atoms with Gasteiger partial charge in [0, 0.05) is 93.1 Å². The van der Waals surface area contributed by atoms with E-state index in [0.717, 1.165) is 68.4 Å². The van der Waals surface area contributed by atoms with Crippen molar-refractivity contribution in [2.75, 3.05) is 88.4 Å². The molecule has 5 N–H and O–H groups in total. The first-order valence-corrected chi connectivity index (χ1v) is 43.8. The third-order valence-corrected chi connectivity index (χ3v) is 23.8. The van der Waals surface area contributed by atoms with Crippen LogP contribution in [0.2, 0.25) is 0 Å². The Labute approximate surface area is 732 Å². The number of hydrogen-bond donors (Lipinski definition) is 5. The van der Waals surface area contributed by atoms with Gasteiger partial charge in [0.2, 0.25) is 38.5 Å². The molecular weight excluding hydrogens is 1870 g/mol. The van der Waals surface area contributed by atoms with Gasteiger partial charge in [0.25, 0.3) is 0 Å². The molecule has 0 bridgehead atoms. The van der Waals surface area contributed by atoms with Crippen LogP contribution in [0.4, 0.5) is 4.79 Å². The van der Waals surface area contributed by atoms with Crippen molar-refractivity contribution in [3.63, 3.8) is 0 Å². The summed E-state index contributed by atoms with van der Waals surface area (Å²) in [6.07, 6.45) is -43.3. The number of urea groups is 1. The van der Waals surface area contributed by atoms with E-state index in [0.29, 0.717) is 56.7 Å². The zero-order valence-corrected chi connectivity index (χ0v) is 72.4. The number of aliphatic carboxylic acids is 2. The van der Waals surface area contributed by atoms with E-state index < -0.39 is 237 Å². The second-order valence-corrected chi connectivity index (χ2v) is 32.4. The average molecular weight is 1960 g/mol. The normalized spacial score (nSPS) is 33.4. The van der Waals surface area contributed by atoms with Crippen LogP contribution < -0.4 is 63.1 Å². The van der Waals surface area contributed by atoms with Crippen molar-refractivity contribution in [2.24, 2.45) is 0 Å². The molecule has 0 saturated carbocycles. The zero-order chi connectivity index (χ0) is 90.5. The Bertz CT molecular complexity index is 3380. The molecule has 124 heavy (non-hydrogen) atoms. The number of carbonyl (C=O) groups excluding carboxylic acids is 6. The molecule has 65 heteroatoms. The average Bonchev–Trinajstić information content (AvgIpc) is 0.904. The molecule has 0 spiro atoms. The summed E-state index contributed by atoms with van der Waals surface area (Å²) in [5, 5.41) is 114. The summed E-state index contributed by atoms with van der Waals surface area (Å²) >= 11 is 0.629. The van der Waals surface area contributed by atoms with E-state index in [2.05, 4.69) is 81.8 Å². The predicted octanol–water partition coefficient (Wildman–Crippen LogP) is -9.60. The summed E-state index contributed by atoms with van der Waals surface area (Å²) < 4.78 is 226. The van der Waals surface area contributed by atoms with Crippen molar-refractivity contribution in [3.8, 4) is 0 Å². The van der Waals surface area contributed by atoms with Crippen LogP contribution in [-0.2, 0) is 197 Å². The van der Waals surface area contributed by atoms with E-state index in [1.807, 2.05) is 11.8 Å². The Balaban J connectivity index is 1.09. The second kappa shape index (κ2) is 56.8. The first kappa shape index (κ1) is 108. The summed E-state index contributed by atoms with van der Waals surface area (Å²) in [5.41, 5.74) is 0. The highest BCUT2D eigenvalue weighted by Gasteiger charge is 2.61. The van der Waals surface area contributed by atoms with Gasteiger partial charge in [-0.1, -0.05) is 19.3 Å². The van der Waals surface area contributed by atoms with E-state index in [9.17, 15) is 91.2 Å². The van der Waals surface area contributed by atoms with Crippen LogP contribution in [0.25, 0.3) is 0 Å². The lowest BCUT2D eigenvalue weighted by atomic mass is 9.94. The smallest absolute Gasteiger partial charge is 0.315 e. The van der Waals surface area contributed by atoms with Gasteiger partial charge in [-0.15, -0.1) is 21.7 Å². The maximum atomic E-state index is 14.0. The lowest BCUT2D eigenvalue weighted by Gasteiger charge is -2.52. The molecule has 0 radical (unpaired) electrons. The second-order valence-electron chi connectivity index (χ2n) is 26.7. The summed E-state index contributed by atoms with van der Waals surface area (Å²) in [6.45, 7) is -2.76. The van der Waals surface area contributed by atoms with Crippen LogP contribution >= 0.6 is 73.4 Å². The summed E-state index contributed by atoms with van der Waals surface area (Å²) in [7, 11) is -4.28. The Kier molecular flexibility index (Phi) is 49.5. The fourth-order valence-electron chi connectivity index (χ4n) is 14.2. The third-order valence-electron chi connectivity index (χ3n) is 19.4. The molecule has 28 atom stereocenters. The number of carbonyl (C=O) groups is 6. The third kappa shape index (κ3) is 33.3. The first-order valence-electron chi connectivity index (χ1n) is 36.7. The summed E-state index contributed by atoms with van der Waals surface area (Å²) in [6, 6.07) is -1.53. The van der Waals surface area contributed by atoms with Gasteiger partial charge < -0.3 is 158 Å². The monoisotopic (exact) mass is 1960 g/mol. The van der Waals surface area contributed by atoms with Crippen LogP contribution in [0.15, 0.2) is 0 Å². The topological polar surface area (TPSA) is 743 Å². The fraction of sp³-hybridized carbons (Fsp3) is 0.898. The summed E-state index contributed by atoms with van der Waals surface area (Å²) in [5.74, 6) is -4.57. The molecule has 0 aliphatic carbocycles. The number of amides is 5. The van der Waals surface area contributed by atoms with Crippen molar-refractivity contribution in [1.82, 2.24) is 26.6 Å². The zero-order valence-electron chi connectivity index (χ0n) is 65.9. The van der Waals surface area contributed by atoms with E-state index in [1.54, 1.807) is 0 Å². The van der Waals surface area contributed by atoms with Crippen LogP contribution in [-0.4, -0.2) is 321 Å². The predicted molar refractivity (Wildman–Crippen MR) is 379 cm³/mol. The number of carboxylic acid groups (broad SMARTS) is 2. The fourth-order valence-corrected chi connectivity index (χ4v) is 18.0. The minimum atomic E-state index is -5.88. The van der Waals surface area contributed by atoms with Crippen LogP contribution in [0, 0.1) is 0 Å². The van der Waals surface area contributed by atoms with Gasteiger partial charge in [-0.05, 0) is 38.5 Å². The van der Waals surface area contributed by atoms with E-state index in [4.69, 9.17) is 96.7 Å². The largest absolute Gasteiger partial charge is 0.726 e. The van der Waals surface area contributed by atoms with Crippen molar-refractivity contribution < 1.29 is 243 Å². The maximum Gasteiger partial charge on any atom is 0.315 e. The number of methoxy groups -OCH3 is 7. The molecule has 7 rings (SSSR count). The number of thioether (sulfide) groups is 1. The number of nitrogens with one attached hydrogen (secondary N) is 5. The summed E-state index contributed by atoms with van der Waals surface area (Å²) in [4.78, 5) is 78.1. The number of carboxylic acids is 2. The van der Waals surface area contributed by atoms with Gasteiger partial charge in [-0.25, -0.2) is 21.6 Å². The molecule has 7 heterocycles. The molecule has 7 aliphatic rings. The van der Waals surface area contributed by atoms with E-state index >= 15 is 0 Å². The first-order chi connectivity index (χ1) is 59.6. The standard InChI is InChI=1S/C59H99N5O52S8/c1-84-36-28(23-92-123(78,79)80)94-54(35(39(36)85-2)63-33(67)19-11-9-15-21-60-31(65)17-10-8-14-20-61-32(66)18-13-12-16-30-34-26(25-117-30)62-59(72)64-34)99-42-40(86-3)48(88-5)57(101-46(42)52(68)69)98-38-29(24-93-124(81,82)83)96-58(51(106-122-116-111-77)45(38)104-120-114-109-75)100-43-41(87-4)49(89-6)56(102-47(43)53(70)71)97-37-27(22-91-118-112-107-73)95-55(90-7)50(105-121-115-110-76)44(37)103-119-113-108-74/h26-30,34-51,54-58,73-77H,8-25H2,1-7H3,(H,60,65)(H,61,66)(H,63,67)(H,68,69)(H,70,71)(H2,62,64,72)(H,78,79,80)(H,81,82,83)/p-9/t26?,27?,28?,29-,30?,34?,35?,36+,37+,38+,39+,40-,41?,42-,43-,44-,45?,46?,47+,48?,49?,50?,51?,54-,55-,56-,57+,58+/m0/s1. The van der Waals surface area contributed by atoms with Gasteiger partial charge in [0.05, 0.1) is 43.8 Å². The van der Waals surface area contributed by atoms with Crippen LogP contribution in [0.5, 0.6) is 0 Å². The van der Waals surface area contributed by atoms with Gasteiger partial charge in [0.1, 0.15) is 110 Å². The van der Waals surface area contributed by atoms with Crippen LogP contribution in [0.1, 0.15) is 77.0 Å². The number of fused-ring (bicyclic) bond motifs is 1. The molecule has 7 fully saturated rings. The van der Waals surface area contributed by atoms with E-state index in [1.165, 1.54) is 0 Å². The highest BCUT2D eigenvalue weighted by atomic mass is 32.3. The van der Waals surface area contributed by atoms with E-state index in [-0.39, 0.29) is 92.7 Å². The molecule has 0 aromatic carbocycles. The Hall–Kier alpha value is -2.98. The molecule has 0 aromatic heterocycles. The maximum absolute atomic E-state index is 14.0. The number of hydrogen-bond acceptors (Lipinski definition) is 58. The van der Waals surface area contributed by atoms with Crippen LogP contribution in [0.3, 0.4) is 0 Å². The lowest BCUT2D eigenvalue weighted by Crippen LogP contribution is -2.71. The molecular formula is C59H90N5O52S8-9. The Morgan fingerprint density at radius 1 is 0.427 bits per heavy atom. The molecule has 5 amide bonds. The van der Waals surface area contributed by atoms with Crippen molar-refractivity contribution in [3.05, 3.63) is 0 Å². The molecule has 7 saturated heterocycles. The SMILES string of the molecule is COC1C(OC)[C@H](O[C@H]2O[C@@H](COS(=O)(=O)[O-])[C@@H](O[C@@H]3OC(C(=O)[O-])[C@@H](O[C@@H]4OC(COS(=O)(=O)[O-])[C@@H](OC)[C@H](OC)C4NC(=O)CCCCCNC(=O)CCCCCNC(=O)CCCCC4SCC5NC(=O)NC54)[C@H](OC)C3OC)C(OSOO[O-])C2OSOO[O-])[C@H](C(=O)[O-])O[C@@H]1O[C@@H]1C(COSOO[O-])O[C@H](OC)C(OSOO[O-])[C@H]1OSOO[O-]. The van der Waals surface area contributed by atoms with Crippen molar-refractivity contribution >= 4 is 130 Å². The number of ether oxygens (including phenoxy) is 16. The van der Waals surface area contributed by atoms with Gasteiger partial charge in [0.15, 0.2) is 105 Å². The molecule has 7 aliphatic heterocycles. The highest BCUT2D eigenvalue weighted by molar-refractivity contribution is 8.00. The molecule has 13 unspecified atom stereocenters. The molecule has 0 aromatic rings. The van der Waals surface area contributed by atoms with Crippen molar-refractivity contribution in [1.29, 1.82) is 0 Å². The Morgan fingerprint density at radius 2 is 0.823 bits per heavy atom. The lowest BCUT2D eigenvalue weighted by molar-refractivity contribution is -0.778. The number of unbranched alkanes of at least 4 members (excludes halogenated alkanes) is 5. The van der Waals surface area contributed by atoms with Crippen molar-refractivity contribution in [2.45, 2.75) is 248 Å². The number of rotatable bonds is 62. The minimum absolute atomic E-state index is 0.0618. The van der Waals surface area contributed by atoms with Gasteiger partial charge in [-0.3, -0.25) is 68.9 Å². The minimum Gasteiger partial charge on any atom is -0.726 e. The van der Waals surface area contributed by atoms with Gasteiger partial charge in [-0.2, -0.15) is 11.8 Å². The quantitative estimate of drug-likeness (QED) is 0.00718. The molecule has 720 valence electrons. The highest BCUT2D eigenvalue weighted by Crippen LogP contribution is 2.43.